The standard InChI is InChI=1S/C10H10FN2/c11-9-13(8-4-7-12-13)10-5-2-1-3-6-10/h1-8H,9H2/q+1/i2T. The van der Waals surface area contributed by atoms with E-state index in [0.717, 1.165) is 0 Å². The minimum Gasteiger partial charge on any atom is -0.185 e. The van der Waals surface area contributed by atoms with Crippen molar-refractivity contribution in [2.24, 2.45) is 5.10 Å². The van der Waals surface area contributed by atoms with Gasteiger partial charge in [-0.2, -0.15) is 4.39 Å². The Hall–Kier alpha value is -1.48. The molecule has 0 fully saturated rings. The van der Waals surface area contributed by atoms with Crippen molar-refractivity contribution >= 4 is 11.9 Å². The first kappa shape index (κ1) is 6.97. The Balaban J connectivity index is 2.47. The number of nitrogens with zero attached hydrogens (tertiary/aromatic N) is 2. The monoisotopic (exact) mass is 179 g/mol. The van der Waals surface area contributed by atoms with Crippen LogP contribution in [0.3, 0.4) is 0 Å². The molecule has 0 bridgehead atoms. The normalized spacial score (nSPS) is 26.4. The van der Waals surface area contributed by atoms with E-state index >= 15 is 0 Å². The lowest BCUT2D eigenvalue weighted by atomic mass is 10.3. The van der Waals surface area contributed by atoms with Crippen molar-refractivity contribution in [1.29, 1.82) is 0 Å². The van der Waals surface area contributed by atoms with E-state index in [-0.39, 0.29) is 4.59 Å². The molecule has 0 saturated heterocycles. The number of hydrogen-bond acceptors (Lipinski definition) is 1. The maximum atomic E-state index is 12.9. The summed E-state index contributed by atoms with van der Waals surface area (Å²) in [6.07, 6.45) is 4.93. The van der Waals surface area contributed by atoms with Gasteiger partial charge in [0.1, 0.15) is 6.20 Å². The molecule has 1 unspecified atom stereocenters. The molecule has 2 rings (SSSR count). The molecule has 0 radical (unpaired) electrons. The predicted octanol–water partition coefficient (Wildman–Crippen LogP) is 2.43. The molecular formula is C10H10FN2+. The van der Waals surface area contributed by atoms with E-state index in [1.807, 2.05) is 0 Å². The van der Waals surface area contributed by atoms with Crippen LogP contribution >= 0.6 is 0 Å². The molecule has 2 nitrogen and oxygen atoms in total. The zero-order valence-electron chi connectivity index (χ0n) is 8.02. The summed E-state index contributed by atoms with van der Waals surface area (Å²) in [6, 6.07) is 7.14. The van der Waals surface area contributed by atoms with Gasteiger partial charge in [0, 0.05) is 18.2 Å². The second kappa shape index (κ2) is 3.11. The van der Waals surface area contributed by atoms with Crippen molar-refractivity contribution in [2.75, 3.05) is 6.80 Å². The lowest BCUT2D eigenvalue weighted by Crippen LogP contribution is -2.34. The molecule has 1 aromatic carbocycles. The second-order valence-electron chi connectivity index (χ2n) is 2.81. The van der Waals surface area contributed by atoms with Crippen molar-refractivity contribution in [3.8, 4) is 0 Å². The van der Waals surface area contributed by atoms with E-state index < -0.39 is 6.80 Å². The molecule has 1 heterocycles. The average Bonchev–Trinajstić information content (AvgIpc) is 2.67. The Morgan fingerprint density at radius 3 is 3.00 bits per heavy atom. The van der Waals surface area contributed by atoms with Crippen LogP contribution in [0, 0.1) is 0 Å². The third kappa shape index (κ3) is 1.27. The van der Waals surface area contributed by atoms with Gasteiger partial charge in [-0.25, -0.2) is 0 Å². The summed E-state index contributed by atoms with van der Waals surface area (Å²) in [7, 11) is 0. The van der Waals surface area contributed by atoms with Crippen LogP contribution in [0.4, 0.5) is 10.1 Å². The van der Waals surface area contributed by atoms with E-state index in [1.54, 1.807) is 42.8 Å². The summed E-state index contributed by atoms with van der Waals surface area (Å²) < 4.78 is 20.2. The third-order valence-corrected chi connectivity index (χ3v) is 2.01. The van der Waals surface area contributed by atoms with Gasteiger partial charge in [0.05, 0.1) is 7.59 Å². The molecular weight excluding hydrogens is 167 g/mol. The van der Waals surface area contributed by atoms with Gasteiger partial charge in [-0.15, -0.1) is 4.59 Å². The van der Waals surface area contributed by atoms with Crippen molar-refractivity contribution < 1.29 is 5.76 Å². The highest BCUT2D eigenvalue weighted by atomic mass is 19.1. The van der Waals surface area contributed by atoms with Gasteiger partial charge in [0.15, 0.2) is 5.69 Å². The van der Waals surface area contributed by atoms with Crippen LogP contribution < -0.4 is 4.59 Å². The lowest BCUT2D eigenvalue weighted by molar-refractivity contribution is 0.266. The van der Waals surface area contributed by atoms with Crippen LogP contribution in [0.15, 0.2) is 47.7 Å². The van der Waals surface area contributed by atoms with Crippen LogP contribution in [-0.4, -0.2) is 13.0 Å². The van der Waals surface area contributed by atoms with Crippen molar-refractivity contribution in [2.45, 2.75) is 0 Å². The fourth-order valence-corrected chi connectivity index (χ4v) is 1.29. The highest BCUT2D eigenvalue weighted by Crippen LogP contribution is 2.26. The molecule has 1 atom stereocenters. The first-order valence-corrected chi connectivity index (χ1v) is 4.01. The maximum absolute atomic E-state index is 12.9. The van der Waals surface area contributed by atoms with Crippen molar-refractivity contribution in [3.05, 3.63) is 42.6 Å². The van der Waals surface area contributed by atoms with Gasteiger partial charge in [0.2, 0.25) is 0 Å². The zero-order chi connectivity index (χ0) is 10.0. The molecule has 1 aliphatic heterocycles. The summed E-state index contributed by atoms with van der Waals surface area (Å²) in [6.45, 7) is -0.629. The van der Waals surface area contributed by atoms with Gasteiger partial charge in [-0.05, 0) is 0 Å². The first-order valence-electron chi connectivity index (χ1n) is 4.51. The van der Waals surface area contributed by atoms with E-state index in [1.165, 1.54) is 0 Å². The number of quaternary nitrogens is 1. The van der Waals surface area contributed by atoms with Gasteiger partial charge >= 0.3 is 0 Å². The predicted molar refractivity (Wildman–Crippen MR) is 51.8 cm³/mol. The molecule has 1 aliphatic rings. The summed E-state index contributed by atoms with van der Waals surface area (Å²) in [4.78, 5) is 0. The van der Waals surface area contributed by atoms with E-state index in [9.17, 15) is 4.39 Å². The van der Waals surface area contributed by atoms with Crippen LogP contribution in [0.2, 0.25) is 0 Å². The Kier molecular flexibility index (Phi) is 1.67. The molecule has 13 heavy (non-hydrogen) atoms. The molecule has 0 spiro atoms. The maximum Gasteiger partial charge on any atom is 0.254 e. The number of allylic oxidation sites excluding steroid dienone is 1. The first-order chi connectivity index (χ1) is 6.77. The van der Waals surface area contributed by atoms with E-state index in [0.29, 0.717) is 11.7 Å². The van der Waals surface area contributed by atoms with Gasteiger partial charge in [-0.3, -0.25) is 0 Å². The van der Waals surface area contributed by atoms with E-state index in [2.05, 4.69) is 5.10 Å². The quantitative estimate of drug-likeness (QED) is 0.488. The summed E-state index contributed by atoms with van der Waals surface area (Å²) in [5, 5.41) is 4.04. The average molecular weight is 179 g/mol. The summed E-state index contributed by atoms with van der Waals surface area (Å²) in [5.41, 5.74) is 0.671. The molecule has 3 heteroatoms. The fourth-order valence-electron chi connectivity index (χ4n) is 1.29. The van der Waals surface area contributed by atoms with Crippen LogP contribution in [0.25, 0.3) is 0 Å². The van der Waals surface area contributed by atoms with Gasteiger partial charge in [-0.1, -0.05) is 23.3 Å². The van der Waals surface area contributed by atoms with Crippen LogP contribution in [0.5, 0.6) is 0 Å². The van der Waals surface area contributed by atoms with Crippen LogP contribution in [-0.2, 0) is 0 Å². The minimum absolute atomic E-state index is 0.188. The molecule has 0 aliphatic carbocycles. The molecule has 0 N–H and O–H groups in total. The number of halogens is 1. The van der Waals surface area contributed by atoms with Gasteiger partial charge < -0.3 is 0 Å². The Morgan fingerprint density at radius 2 is 2.38 bits per heavy atom. The third-order valence-electron chi connectivity index (χ3n) is 2.01. The molecule has 66 valence electrons. The smallest absolute Gasteiger partial charge is 0.185 e. The van der Waals surface area contributed by atoms with Crippen molar-refractivity contribution in [3.63, 3.8) is 0 Å². The number of alkyl halides is 1. The number of hydrogen-bond donors (Lipinski definition) is 0. The molecule has 0 saturated carbocycles. The van der Waals surface area contributed by atoms with Crippen molar-refractivity contribution in [1.82, 2.24) is 4.59 Å². The van der Waals surface area contributed by atoms with Crippen LogP contribution in [0.1, 0.15) is 1.37 Å². The second-order valence-corrected chi connectivity index (χ2v) is 2.81. The zero-order valence-corrected chi connectivity index (χ0v) is 7.02. The number of para-hydroxylation sites is 1. The number of benzene rings is 1. The molecule has 1 aromatic rings. The SMILES string of the molecule is [3H]c1cccc([N+]2(CF)C=CC=N2)c1. The molecule has 0 amide bonds. The largest absolute Gasteiger partial charge is 0.254 e. The lowest BCUT2D eigenvalue weighted by Gasteiger charge is -2.20. The highest BCUT2D eigenvalue weighted by molar-refractivity contribution is 5.75. The van der Waals surface area contributed by atoms with Gasteiger partial charge in [0.25, 0.3) is 6.80 Å². The minimum atomic E-state index is -0.629. The summed E-state index contributed by atoms with van der Waals surface area (Å²) in [5.74, 6) is 0. The summed E-state index contributed by atoms with van der Waals surface area (Å²) >= 11 is 0. The Labute approximate surface area is 77.6 Å². The topological polar surface area (TPSA) is 12.4 Å². The Morgan fingerprint density at radius 1 is 1.46 bits per heavy atom. The molecule has 0 aromatic heterocycles. The number of rotatable bonds is 2. The fraction of sp³-hybridized carbons (Fsp3) is 0.100. The van der Waals surface area contributed by atoms with E-state index in [4.69, 9.17) is 1.37 Å². The Bertz CT molecular complexity index is 389. The highest BCUT2D eigenvalue weighted by Gasteiger charge is 2.29.